The molecule has 0 heterocycles. The number of aryl methyl sites for hydroxylation is 1. The lowest BCUT2D eigenvalue weighted by Gasteiger charge is -2.09. The Hall–Kier alpha value is -2.67. The number of primary amides is 1. The number of rotatable bonds is 6. The van der Waals surface area contributed by atoms with Crippen LogP contribution in [-0.2, 0) is 11.3 Å². The van der Waals surface area contributed by atoms with Gasteiger partial charge in [0.05, 0.1) is 6.54 Å². The Morgan fingerprint density at radius 3 is 2.32 bits per heavy atom. The first-order chi connectivity index (χ1) is 11.9. The van der Waals surface area contributed by atoms with Crippen molar-refractivity contribution in [1.29, 1.82) is 0 Å². The minimum Gasteiger partial charge on any atom is -0.368 e. The minimum absolute atomic E-state index is 0.165. The number of halogens is 1. The van der Waals surface area contributed by atoms with Crippen LogP contribution in [0, 0.1) is 6.92 Å². The molecule has 0 saturated heterocycles. The van der Waals surface area contributed by atoms with E-state index in [4.69, 9.17) is 5.73 Å². The molecule has 7 heteroatoms. The molecule has 0 atom stereocenters. The average molecular weight is 404 g/mol. The van der Waals surface area contributed by atoms with E-state index in [1.807, 2.05) is 19.1 Å². The van der Waals surface area contributed by atoms with E-state index >= 15 is 0 Å². The molecule has 0 fully saturated rings. The summed E-state index contributed by atoms with van der Waals surface area (Å²) in [5, 5.41) is 5.26. The second-order valence-corrected chi connectivity index (χ2v) is 6.40. The Kier molecular flexibility index (Phi) is 6.30. The van der Waals surface area contributed by atoms with Crippen LogP contribution in [0.5, 0.6) is 0 Å². The van der Waals surface area contributed by atoms with Gasteiger partial charge in [-0.3, -0.25) is 14.4 Å². The highest BCUT2D eigenvalue weighted by molar-refractivity contribution is 9.10. The summed E-state index contributed by atoms with van der Waals surface area (Å²) in [4.78, 5) is 34.7. The van der Waals surface area contributed by atoms with Crippen LogP contribution < -0.4 is 16.4 Å². The summed E-state index contributed by atoms with van der Waals surface area (Å²) in [5.74, 6) is -1.14. The van der Waals surface area contributed by atoms with Crippen LogP contribution >= 0.6 is 15.9 Å². The Balaban J connectivity index is 1.95. The highest BCUT2D eigenvalue weighted by Gasteiger charge is 2.10. The lowest BCUT2D eigenvalue weighted by Crippen LogP contribution is -2.33. The standard InChI is InChI=1S/C18H18BrN3O3/c1-11-2-7-14(19)8-15(11)18(25)21-9-12-3-5-13(6-4-12)17(24)22-10-16(20)23/h2-8H,9-10H2,1H3,(H2,20,23)(H,21,25)(H,22,24). The third-order valence-electron chi connectivity index (χ3n) is 3.54. The maximum absolute atomic E-state index is 12.3. The maximum atomic E-state index is 12.3. The van der Waals surface area contributed by atoms with Gasteiger partial charge in [-0.1, -0.05) is 34.1 Å². The molecule has 0 aromatic heterocycles. The van der Waals surface area contributed by atoms with Gasteiger partial charge in [-0.15, -0.1) is 0 Å². The van der Waals surface area contributed by atoms with Crippen LogP contribution in [0.25, 0.3) is 0 Å². The summed E-state index contributed by atoms with van der Waals surface area (Å²) in [6.07, 6.45) is 0. The monoisotopic (exact) mass is 403 g/mol. The van der Waals surface area contributed by atoms with Crippen LogP contribution in [0.1, 0.15) is 31.8 Å². The van der Waals surface area contributed by atoms with E-state index < -0.39 is 5.91 Å². The van der Waals surface area contributed by atoms with Crippen molar-refractivity contribution in [2.45, 2.75) is 13.5 Å². The number of amides is 3. The lowest BCUT2D eigenvalue weighted by atomic mass is 10.1. The fourth-order valence-electron chi connectivity index (χ4n) is 2.16. The van der Waals surface area contributed by atoms with Crippen molar-refractivity contribution in [2.24, 2.45) is 5.73 Å². The van der Waals surface area contributed by atoms with Gasteiger partial charge < -0.3 is 16.4 Å². The Bertz CT molecular complexity index is 804. The van der Waals surface area contributed by atoms with Gasteiger partial charge in [0.25, 0.3) is 11.8 Å². The average Bonchev–Trinajstić information content (AvgIpc) is 2.60. The predicted molar refractivity (Wildman–Crippen MR) is 98.0 cm³/mol. The fourth-order valence-corrected chi connectivity index (χ4v) is 2.52. The van der Waals surface area contributed by atoms with Gasteiger partial charge in [0, 0.05) is 22.1 Å². The van der Waals surface area contributed by atoms with Crippen molar-refractivity contribution in [2.75, 3.05) is 6.54 Å². The number of carbonyl (C=O) groups is 3. The minimum atomic E-state index is -0.601. The second-order valence-electron chi connectivity index (χ2n) is 5.49. The molecule has 2 aromatic carbocycles. The van der Waals surface area contributed by atoms with Crippen LogP contribution in [0.15, 0.2) is 46.9 Å². The lowest BCUT2D eigenvalue weighted by molar-refractivity contribution is -0.117. The zero-order valence-electron chi connectivity index (χ0n) is 13.6. The molecule has 0 radical (unpaired) electrons. The van der Waals surface area contributed by atoms with Gasteiger partial charge in [-0.2, -0.15) is 0 Å². The third kappa shape index (κ3) is 5.42. The molecular formula is C18H18BrN3O3. The van der Waals surface area contributed by atoms with Crippen molar-refractivity contribution in [3.8, 4) is 0 Å². The summed E-state index contributed by atoms with van der Waals surface area (Å²) in [5.41, 5.74) is 7.75. The summed E-state index contributed by atoms with van der Waals surface area (Å²) in [6, 6.07) is 12.3. The molecule has 6 nitrogen and oxygen atoms in total. The van der Waals surface area contributed by atoms with Gasteiger partial charge in [0.2, 0.25) is 5.91 Å². The van der Waals surface area contributed by atoms with E-state index in [1.54, 1.807) is 30.3 Å². The maximum Gasteiger partial charge on any atom is 0.251 e. The zero-order chi connectivity index (χ0) is 18.4. The van der Waals surface area contributed by atoms with Crippen molar-refractivity contribution in [3.05, 3.63) is 69.2 Å². The number of benzene rings is 2. The van der Waals surface area contributed by atoms with Gasteiger partial charge in [-0.05, 0) is 42.3 Å². The first-order valence-corrected chi connectivity index (χ1v) is 8.36. The van der Waals surface area contributed by atoms with E-state index in [-0.39, 0.29) is 18.4 Å². The van der Waals surface area contributed by atoms with Crippen LogP contribution in [0.2, 0.25) is 0 Å². The van der Waals surface area contributed by atoms with Gasteiger partial charge in [0.15, 0.2) is 0 Å². The molecule has 2 rings (SSSR count). The van der Waals surface area contributed by atoms with E-state index in [0.29, 0.717) is 17.7 Å². The topological polar surface area (TPSA) is 101 Å². The number of hydrogen-bond acceptors (Lipinski definition) is 3. The molecule has 130 valence electrons. The molecular weight excluding hydrogens is 386 g/mol. The molecule has 0 aliphatic carbocycles. The Labute approximate surface area is 153 Å². The van der Waals surface area contributed by atoms with Crippen molar-refractivity contribution in [1.82, 2.24) is 10.6 Å². The molecule has 0 bridgehead atoms. The van der Waals surface area contributed by atoms with Gasteiger partial charge >= 0.3 is 0 Å². The van der Waals surface area contributed by atoms with Crippen molar-refractivity contribution >= 4 is 33.7 Å². The largest absolute Gasteiger partial charge is 0.368 e. The number of carbonyl (C=O) groups excluding carboxylic acids is 3. The molecule has 3 amide bonds. The van der Waals surface area contributed by atoms with Gasteiger partial charge in [0.1, 0.15) is 0 Å². The molecule has 0 spiro atoms. The van der Waals surface area contributed by atoms with E-state index in [9.17, 15) is 14.4 Å². The summed E-state index contributed by atoms with van der Waals surface area (Å²) >= 11 is 3.36. The van der Waals surface area contributed by atoms with E-state index in [1.165, 1.54) is 0 Å². The molecule has 4 N–H and O–H groups in total. The Morgan fingerprint density at radius 1 is 1.00 bits per heavy atom. The predicted octanol–water partition coefficient (Wildman–Crippen LogP) is 1.90. The highest BCUT2D eigenvalue weighted by Crippen LogP contribution is 2.16. The van der Waals surface area contributed by atoms with E-state index in [2.05, 4.69) is 26.6 Å². The number of nitrogens with one attached hydrogen (secondary N) is 2. The van der Waals surface area contributed by atoms with Crippen molar-refractivity contribution < 1.29 is 14.4 Å². The van der Waals surface area contributed by atoms with Crippen LogP contribution in [0.3, 0.4) is 0 Å². The first kappa shape index (κ1) is 18.7. The highest BCUT2D eigenvalue weighted by atomic mass is 79.9. The number of hydrogen-bond donors (Lipinski definition) is 3. The van der Waals surface area contributed by atoms with Crippen molar-refractivity contribution in [3.63, 3.8) is 0 Å². The SMILES string of the molecule is Cc1ccc(Br)cc1C(=O)NCc1ccc(C(=O)NCC(N)=O)cc1. The Morgan fingerprint density at radius 2 is 1.68 bits per heavy atom. The normalized spacial score (nSPS) is 10.2. The first-order valence-electron chi connectivity index (χ1n) is 7.56. The quantitative estimate of drug-likeness (QED) is 0.686. The van der Waals surface area contributed by atoms with Crippen LogP contribution in [-0.4, -0.2) is 24.3 Å². The molecule has 0 aliphatic rings. The smallest absolute Gasteiger partial charge is 0.251 e. The summed E-state index contributed by atoms with van der Waals surface area (Å²) in [7, 11) is 0. The molecule has 25 heavy (non-hydrogen) atoms. The second kappa shape index (κ2) is 8.43. The van der Waals surface area contributed by atoms with E-state index in [0.717, 1.165) is 15.6 Å². The fraction of sp³-hybridized carbons (Fsp3) is 0.167. The van der Waals surface area contributed by atoms with Crippen LogP contribution in [0.4, 0.5) is 0 Å². The summed E-state index contributed by atoms with van der Waals surface area (Å²) in [6.45, 7) is 2.01. The third-order valence-corrected chi connectivity index (χ3v) is 4.03. The number of nitrogens with two attached hydrogens (primary N) is 1. The molecule has 0 saturated carbocycles. The van der Waals surface area contributed by atoms with Gasteiger partial charge in [-0.25, -0.2) is 0 Å². The summed E-state index contributed by atoms with van der Waals surface area (Å²) < 4.78 is 0.842. The molecule has 2 aromatic rings. The zero-order valence-corrected chi connectivity index (χ0v) is 15.2. The molecule has 0 aliphatic heterocycles. The molecule has 0 unspecified atom stereocenters.